The van der Waals surface area contributed by atoms with Crippen molar-refractivity contribution in [1.29, 1.82) is 0 Å². The number of hydrogen-bond donors (Lipinski definition) is 2. The first-order valence-corrected chi connectivity index (χ1v) is 8.03. The third-order valence-electron chi connectivity index (χ3n) is 3.87. The minimum Gasteiger partial charge on any atom is -0.497 e. The summed E-state index contributed by atoms with van der Waals surface area (Å²) in [6, 6.07) is 13.4. The molecule has 0 fully saturated rings. The maximum Gasteiger partial charge on any atom is 0.244 e. The molecule has 0 unspecified atom stereocenters. The van der Waals surface area contributed by atoms with Crippen molar-refractivity contribution in [1.82, 2.24) is 5.32 Å². The average molecular weight is 340 g/mol. The Morgan fingerprint density at radius 1 is 1.12 bits per heavy atom. The van der Waals surface area contributed by atoms with E-state index in [1.807, 2.05) is 43.3 Å². The van der Waals surface area contributed by atoms with Gasteiger partial charge >= 0.3 is 0 Å². The molecular weight excluding hydrogens is 316 g/mol. The van der Waals surface area contributed by atoms with E-state index in [1.165, 1.54) is 0 Å². The van der Waals surface area contributed by atoms with Crippen molar-refractivity contribution >= 4 is 11.5 Å². The molecule has 0 bridgehead atoms. The van der Waals surface area contributed by atoms with Gasteiger partial charge in [-0.3, -0.25) is 4.79 Å². The molecule has 0 saturated carbocycles. The van der Waals surface area contributed by atoms with Crippen LogP contribution in [0.2, 0.25) is 0 Å². The highest BCUT2D eigenvalue weighted by Gasteiger charge is 2.08. The van der Waals surface area contributed by atoms with Crippen molar-refractivity contribution in [2.45, 2.75) is 20.0 Å². The van der Waals surface area contributed by atoms with Crippen molar-refractivity contribution < 1.29 is 14.3 Å². The zero-order valence-electron chi connectivity index (χ0n) is 14.8. The molecule has 25 heavy (non-hydrogen) atoms. The van der Waals surface area contributed by atoms with Gasteiger partial charge in [0, 0.05) is 30.8 Å². The van der Waals surface area contributed by atoms with Crippen LogP contribution in [0.1, 0.15) is 23.6 Å². The van der Waals surface area contributed by atoms with Gasteiger partial charge in [0.25, 0.3) is 0 Å². The van der Waals surface area contributed by atoms with Gasteiger partial charge in [-0.2, -0.15) is 0 Å². The molecule has 5 nitrogen and oxygen atoms in total. The largest absolute Gasteiger partial charge is 0.497 e. The first-order valence-electron chi connectivity index (χ1n) is 8.03. The predicted molar refractivity (Wildman–Crippen MR) is 99.4 cm³/mol. The van der Waals surface area contributed by atoms with E-state index in [0.29, 0.717) is 24.6 Å². The van der Waals surface area contributed by atoms with Crippen molar-refractivity contribution in [3.63, 3.8) is 0 Å². The molecule has 2 aromatic carbocycles. The maximum atomic E-state index is 12.2. The number of ether oxygens (including phenoxy) is 2. The van der Waals surface area contributed by atoms with Gasteiger partial charge in [0.2, 0.25) is 5.91 Å². The molecule has 0 aromatic heterocycles. The van der Waals surface area contributed by atoms with Crippen molar-refractivity contribution in [2.24, 2.45) is 5.73 Å². The molecule has 2 aromatic rings. The highest BCUT2D eigenvalue weighted by Crippen LogP contribution is 2.29. The van der Waals surface area contributed by atoms with Crippen molar-refractivity contribution in [3.05, 3.63) is 65.2 Å². The SMILES string of the molecule is COc1ccc(/C(C)=C/C(=O)NCc2cccc(CN)c2)c(OC)c1. The molecule has 0 aliphatic heterocycles. The summed E-state index contributed by atoms with van der Waals surface area (Å²) in [5.41, 5.74) is 9.36. The van der Waals surface area contributed by atoms with Gasteiger partial charge in [-0.25, -0.2) is 0 Å². The van der Waals surface area contributed by atoms with Crippen LogP contribution in [0.3, 0.4) is 0 Å². The number of methoxy groups -OCH3 is 2. The maximum absolute atomic E-state index is 12.2. The summed E-state index contributed by atoms with van der Waals surface area (Å²) in [6.07, 6.45) is 1.57. The first kappa shape index (κ1) is 18.5. The molecule has 2 rings (SSSR count). The van der Waals surface area contributed by atoms with E-state index in [-0.39, 0.29) is 5.91 Å². The molecule has 0 radical (unpaired) electrons. The van der Waals surface area contributed by atoms with Crippen molar-refractivity contribution in [2.75, 3.05) is 14.2 Å². The molecule has 0 aliphatic rings. The highest BCUT2D eigenvalue weighted by molar-refractivity contribution is 5.95. The molecule has 0 saturated heterocycles. The van der Waals surface area contributed by atoms with Crippen LogP contribution in [0.4, 0.5) is 0 Å². The summed E-state index contributed by atoms with van der Waals surface area (Å²) in [6.45, 7) is 2.81. The Morgan fingerprint density at radius 2 is 1.88 bits per heavy atom. The van der Waals surface area contributed by atoms with E-state index in [2.05, 4.69) is 5.32 Å². The minimum absolute atomic E-state index is 0.159. The lowest BCUT2D eigenvalue weighted by atomic mass is 10.1. The Labute approximate surface area is 148 Å². The molecule has 132 valence electrons. The monoisotopic (exact) mass is 340 g/mol. The number of carbonyl (C=O) groups is 1. The van der Waals surface area contributed by atoms with Gasteiger partial charge in [-0.1, -0.05) is 24.3 Å². The second-order valence-electron chi connectivity index (χ2n) is 5.64. The zero-order valence-corrected chi connectivity index (χ0v) is 14.8. The second-order valence-corrected chi connectivity index (χ2v) is 5.64. The lowest BCUT2D eigenvalue weighted by molar-refractivity contribution is -0.116. The Bertz CT molecular complexity index is 769. The van der Waals surface area contributed by atoms with E-state index < -0.39 is 0 Å². The van der Waals surface area contributed by atoms with Crippen LogP contribution in [-0.2, 0) is 17.9 Å². The molecule has 0 aliphatic carbocycles. The fourth-order valence-corrected chi connectivity index (χ4v) is 2.51. The molecule has 3 N–H and O–H groups in total. The van der Waals surface area contributed by atoms with Gasteiger partial charge in [-0.05, 0) is 35.8 Å². The van der Waals surface area contributed by atoms with Gasteiger partial charge in [0.05, 0.1) is 14.2 Å². The third-order valence-corrected chi connectivity index (χ3v) is 3.87. The summed E-state index contributed by atoms with van der Waals surface area (Å²) in [5.74, 6) is 1.21. The van der Waals surface area contributed by atoms with Crippen LogP contribution in [0, 0.1) is 0 Å². The fraction of sp³-hybridized carbons (Fsp3) is 0.250. The van der Waals surface area contributed by atoms with Crippen LogP contribution >= 0.6 is 0 Å². The number of allylic oxidation sites excluding steroid dienone is 1. The van der Waals surface area contributed by atoms with E-state index >= 15 is 0 Å². The van der Waals surface area contributed by atoms with Gasteiger partial charge in [-0.15, -0.1) is 0 Å². The number of amides is 1. The number of benzene rings is 2. The number of nitrogens with two attached hydrogens (primary N) is 1. The van der Waals surface area contributed by atoms with Crippen molar-refractivity contribution in [3.8, 4) is 11.5 Å². The Morgan fingerprint density at radius 3 is 2.56 bits per heavy atom. The van der Waals surface area contributed by atoms with Crippen LogP contribution in [0.15, 0.2) is 48.5 Å². The molecule has 5 heteroatoms. The Balaban J connectivity index is 2.07. The fourth-order valence-electron chi connectivity index (χ4n) is 2.51. The molecule has 0 spiro atoms. The Hall–Kier alpha value is -2.79. The second kappa shape index (κ2) is 8.89. The topological polar surface area (TPSA) is 73.6 Å². The van der Waals surface area contributed by atoms with Gasteiger partial charge in [0.15, 0.2) is 0 Å². The summed E-state index contributed by atoms with van der Waals surface area (Å²) in [7, 11) is 3.19. The van der Waals surface area contributed by atoms with Crippen LogP contribution < -0.4 is 20.5 Å². The molecule has 0 atom stereocenters. The average Bonchev–Trinajstić information content (AvgIpc) is 2.65. The minimum atomic E-state index is -0.159. The number of carbonyl (C=O) groups excluding carboxylic acids is 1. The number of hydrogen-bond acceptors (Lipinski definition) is 4. The molecular formula is C20H24N2O3. The summed E-state index contributed by atoms with van der Waals surface area (Å²) in [4.78, 5) is 12.2. The molecule has 1 amide bonds. The lowest BCUT2D eigenvalue weighted by Gasteiger charge is -2.11. The van der Waals surface area contributed by atoms with Crippen LogP contribution in [0.5, 0.6) is 11.5 Å². The third kappa shape index (κ3) is 5.09. The summed E-state index contributed by atoms with van der Waals surface area (Å²) < 4.78 is 10.6. The van der Waals surface area contributed by atoms with E-state index in [0.717, 1.165) is 22.3 Å². The predicted octanol–water partition coefficient (Wildman–Crippen LogP) is 2.88. The van der Waals surface area contributed by atoms with E-state index in [9.17, 15) is 4.79 Å². The summed E-state index contributed by atoms with van der Waals surface area (Å²) >= 11 is 0. The highest BCUT2D eigenvalue weighted by atomic mass is 16.5. The van der Waals surface area contributed by atoms with Gasteiger partial charge in [0.1, 0.15) is 11.5 Å². The Kier molecular flexibility index (Phi) is 6.60. The van der Waals surface area contributed by atoms with Crippen LogP contribution in [-0.4, -0.2) is 20.1 Å². The smallest absolute Gasteiger partial charge is 0.244 e. The molecule has 0 heterocycles. The zero-order chi connectivity index (χ0) is 18.2. The van der Waals surface area contributed by atoms with E-state index in [1.54, 1.807) is 26.4 Å². The standard InChI is InChI=1S/C20H24N2O3/c1-14(18-8-7-17(24-2)11-19(18)25-3)9-20(23)22-13-16-6-4-5-15(10-16)12-21/h4-11H,12-13,21H2,1-3H3,(H,22,23)/b14-9+. The number of nitrogens with one attached hydrogen (secondary N) is 1. The summed E-state index contributed by atoms with van der Waals surface area (Å²) in [5, 5.41) is 2.89. The quantitative estimate of drug-likeness (QED) is 0.760. The first-order chi connectivity index (χ1) is 12.1. The van der Waals surface area contributed by atoms with Crippen LogP contribution in [0.25, 0.3) is 5.57 Å². The lowest BCUT2D eigenvalue weighted by Crippen LogP contribution is -2.20. The number of rotatable bonds is 7. The van der Waals surface area contributed by atoms with Gasteiger partial charge < -0.3 is 20.5 Å². The van der Waals surface area contributed by atoms with E-state index in [4.69, 9.17) is 15.2 Å². The normalized spacial score (nSPS) is 11.1.